The van der Waals surface area contributed by atoms with E-state index in [9.17, 15) is 23.1 Å². The van der Waals surface area contributed by atoms with Gasteiger partial charge in [-0.25, -0.2) is 0 Å². The van der Waals surface area contributed by atoms with Crippen LogP contribution in [0, 0.1) is 5.92 Å². The second kappa shape index (κ2) is 4.77. The predicted molar refractivity (Wildman–Crippen MR) is 67.1 cm³/mol. The van der Waals surface area contributed by atoms with Gasteiger partial charge in [-0.1, -0.05) is 26.0 Å². The first-order valence-electron chi connectivity index (χ1n) is 6.33. The monoisotopic (exact) mass is 287 g/mol. The third kappa shape index (κ3) is 2.52. The predicted octanol–water partition coefficient (Wildman–Crippen LogP) is 2.55. The summed E-state index contributed by atoms with van der Waals surface area (Å²) in [5.74, 6) is -0.743. The Balaban J connectivity index is 2.21. The third-order valence-corrected chi connectivity index (χ3v) is 3.75. The number of β-amino-alcohol motifs (C(OH)–C–C–N with tert-alkyl or cyclic N) is 1. The highest BCUT2D eigenvalue weighted by Crippen LogP contribution is 2.35. The molecule has 3 nitrogen and oxygen atoms in total. The number of benzene rings is 1. The summed E-state index contributed by atoms with van der Waals surface area (Å²) < 4.78 is 38.6. The minimum absolute atomic E-state index is 0.0515. The van der Waals surface area contributed by atoms with Crippen molar-refractivity contribution in [1.29, 1.82) is 0 Å². The van der Waals surface area contributed by atoms with Gasteiger partial charge in [0, 0.05) is 0 Å². The van der Waals surface area contributed by atoms with Gasteiger partial charge < -0.3 is 10.0 Å². The molecule has 1 heterocycles. The van der Waals surface area contributed by atoms with Gasteiger partial charge >= 0.3 is 6.18 Å². The Labute approximate surface area is 115 Å². The first-order valence-corrected chi connectivity index (χ1v) is 6.33. The lowest BCUT2D eigenvalue weighted by Crippen LogP contribution is -2.66. The molecule has 110 valence electrons. The summed E-state index contributed by atoms with van der Waals surface area (Å²) in [5, 5.41) is 10.1. The van der Waals surface area contributed by atoms with Crippen LogP contribution in [-0.4, -0.2) is 34.6 Å². The van der Waals surface area contributed by atoms with Crippen molar-refractivity contribution in [1.82, 2.24) is 4.90 Å². The van der Waals surface area contributed by atoms with Crippen molar-refractivity contribution in [2.45, 2.75) is 25.6 Å². The van der Waals surface area contributed by atoms with Crippen LogP contribution in [0.4, 0.5) is 13.2 Å². The molecule has 6 heteroatoms. The van der Waals surface area contributed by atoms with Crippen LogP contribution < -0.4 is 0 Å². The molecule has 0 spiro atoms. The summed E-state index contributed by atoms with van der Waals surface area (Å²) >= 11 is 0. The van der Waals surface area contributed by atoms with Crippen molar-refractivity contribution in [3.63, 3.8) is 0 Å². The highest BCUT2D eigenvalue weighted by molar-refractivity contribution is 5.96. The van der Waals surface area contributed by atoms with Gasteiger partial charge in [-0.05, 0) is 18.1 Å². The van der Waals surface area contributed by atoms with Gasteiger partial charge in [-0.15, -0.1) is 0 Å². The zero-order valence-electron chi connectivity index (χ0n) is 11.2. The number of nitrogens with zero attached hydrogens (tertiary/aromatic N) is 1. The highest BCUT2D eigenvalue weighted by atomic mass is 19.4. The maximum Gasteiger partial charge on any atom is 0.417 e. The van der Waals surface area contributed by atoms with E-state index in [1.807, 2.05) is 13.8 Å². The van der Waals surface area contributed by atoms with Crippen molar-refractivity contribution in [3.05, 3.63) is 35.4 Å². The number of likely N-dealkylation sites (tertiary alicyclic amines) is 1. The lowest BCUT2D eigenvalue weighted by atomic mass is 9.82. The van der Waals surface area contributed by atoms with Crippen molar-refractivity contribution in [2.24, 2.45) is 5.92 Å². The maximum atomic E-state index is 12.9. The Morgan fingerprint density at radius 1 is 1.30 bits per heavy atom. The van der Waals surface area contributed by atoms with E-state index in [1.54, 1.807) is 0 Å². The standard InChI is InChI=1S/C14H16F3NO2/c1-9(2)13(20)7-18(8-13)12(19)10-5-3-4-6-11(10)14(15,16)17/h3-6,9,20H,7-8H2,1-2H3. The molecule has 1 fully saturated rings. The number of carbonyl (C=O) groups excluding carboxylic acids is 1. The van der Waals surface area contributed by atoms with Crippen LogP contribution in [0.5, 0.6) is 0 Å². The fourth-order valence-electron chi connectivity index (χ4n) is 2.21. The number of halogens is 3. The van der Waals surface area contributed by atoms with E-state index < -0.39 is 23.2 Å². The number of hydrogen-bond acceptors (Lipinski definition) is 2. The van der Waals surface area contributed by atoms with E-state index >= 15 is 0 Å². The van der Waals surface area contributed by atoms with Gasteiger partial charge in [0.15, 0.2) is 0 Å². The molecule has 0 aliphatic carbocycles. The number of aliphatic hydroxyl groups is 1. The molecule has 1 saturated heterocycles. The van der Waals surface area contributed by atoms with Gasteiger partial charge in [0.2, 0.25) is 0 Å². The zero-order chi connectivity index (χ0) is 15.1. The van der Waals surface area contributed by atoms with Crippen LogP contribution in [0.1, 0.15) is 29.8 Å². The van der Waals surface area contributed by atoms with E-state index in [0.29, 0.717) is 0 Å². The molecule has 1 aliphatic rings. The van der Waals surface area contributed by atoms with Crippen molar-refractivity contribution in [3.8, 4) is 0 Å². The molecular formula is C14H16F3NO2. The molecule has 1 amide bonds. The largest absolute Gasteiger partial charge is 0.417 e. The van der Waals surface area contributed by atoms with Crippen LogP contribution >= 0.6 is 0 Å². The second-order valence-electron chi connectivity index (χ2n) is 5.46. The molecule has 2 rings (SSSR count). The summed E-state index contributed by atoms with van der Waals surface area (Å²) in [6.07, 6.45) is -4.56. The van der Waals surface area contributed by atoms with Crippen LogP contribution in [0.25, 0.3) is 0 Å². The summed E-state index contributed by atoms with van der Waals surface area (Å²) in [6.45, 7) is 3.75. The quantitative estimate of drug-likeness (QED) is 0.908. The molecule has 1 aromatic rings. The van der Waals surface area contributed by atoms with Gasteiger partial charge in [0.05, 0.1) is 24.2 Å². The van der Waals surface area contributed by atoms with Crippen molar-refractivity contribution >= 4 is 5.91 Å². The third-order valence-electron chi connectivity index (χ3n) is 3.75. The molecule has 1 aromatic carbocycles. The number of hydrogen-bond donors (Lipinski definition) is 1. The summed E-state index contributed by atoms with van der Waals surface area (Å²) in [5.41, 5.74) is -2.31. The number of carbonyl (C=O) groups is 1. The highest BCUT2D eigenvalue weighted by Gasteiger charge is 2.47. The fourth-order valence-corrected chi connectivity index (χ4v) is 2.21. The molecule has 0 atom stereocenters. The van der Waals surface area contributed by atoms with Gasteiger partial charge in [0.1, 0.15) is 5.60 Å². The topological polar surface area (TPSA) is 40.5 Å². The Morgan fingerprint density at radius 3 is 2.35 bits per heavy atom. The molecule has 20 heavy (non-hydrogen) atoms. The minimum Gasteiger partial charge on any atom is -0.386 e. The Kier molecular flexibility index (Phi) is 3.54. The normalized spacial score (nSPS) is 18.1. The Hall–Kier alpha value is -1.56. The van der Waals surface area contributed by atoms with E-state index in [-0.39, 0.29) is 24.6 Å². The number of amides is 1. The minimum atomic E-state index is -4.56. The van der Waals surface area contributed by atoms with Gasteiger partial charge in [-0.3, -0.25) is 4.79 Å². The average molecular weight is 287 g/mol. The van der Waals surface area contributed by atoms with Crippen LogP contribution in [0.2, 0.25) is 0 Å². The molecule has 1 N–H and O–H groups in total. The van der Waals surface area contributed by atoms with Crippen molar-refractivity contribution < 1.29 is 23.1 Å². The van der Waals surface area contributed by atoms with Crippen molar-refractivity contribution in [2.75, 3.05) is 13.1 Å². The Bertz CT molecular complexity index is 519. The lowest BCUT2D eigenvalue weighted by Gasteiger charge is -2.49. The van der Waals surface area contributed by atoms with Gasteiger partial charge in [0.25, 0.3) is 5.91 Å². The first kappa shape index (κ1) is 14.8. The van der Waals surface area contributed by atoms with E-state index in [0.717, 1.165) is 12.1 Å². The smallest absolute Gasteiger partial charge is 0.386 e. The molecule has 1 aliphatic heterocycles. The SMILES string of the molecule is CC(C)C1(O)CN(C(=O)c2ccccc2C(F)(F)F)C1. The van der Waals surface area contributed by atoms with Gasteiger partial charge in [-0.2, -0.15) is 13.2 Å². The first-order chi connectivity index (χ1) is 9.15. The fraction of sp³-hybridized carbons (Fsp3) is 0.500. The van der Waals surface area contributed by atoms with Crippen LogP contribution in [-0.2, 0) is 6.18 Å². The maximum absolute atomic E-state index is 12.9. The second-order valence-corrected chi connectivity index (χ2v) is 5.46. The van der Waals surface area contributed by atoms with Crippen LogP contribution in [0.15, 0.2) is 24.3 Å². The molecule has 0 saturated carbocycles. The molecule has 0 aromatic heterocycles. The van der Waals surface area contributed by atoms with E-state index in [1.165, 1.54) is 17.0 Å². The molecule has 0 radical (unpaired) electrons. The summed E-state index contributed by atoms with van der Waals surface area (Å²) in [7, 11) is 0. The number of alkyl halides is 3. The Morgan fingerprint density at radius 2 is 1.85 bits per heavy atom. The van der Waals surface area contributed by atoms with E-state index in [2.05, 4.69) is 0 Å². The summed E-state index contributed by atoms with van der Waals surface area (Å²) in [6, 6.07) is 4.70. The van der Waals surface area contributed by atoms with E-state index in [4.69, 9.17) is 0 Å². The molecular weight excluding hydrogens is 271 g/mol. The lowest BCUT2D eigenvalue weighted by molar-refractivity contribution is -0.138. The molecule has 0 unspecified atom stereocenters. The summed E-state index contributed by atoms with van der Waals surface area (Å²) in [4.78, 5) is 13.4. The van der Waals surface area contributed by atoms with Crippen LogP contribution in [0.3, 0.4) is 0 Å². The average Bonchev–Trinajstić information content (AvgIpc) is 2.32. The zero-order valence-corrected chi connectivity index (χ0v) is 11.2. The molecule has 0 bridgehead atoms. The number of rotatable bonds is 2.